The van der Waals surface area contributed by atoms with E-state index in [-0.39, 0.29) is 44.7 Å². The maximum Gasteiger partial charge on any atom is 0.186 e. The summed E-state index contributed by atoms with van der Waals surface area (Å²) in [5.74, 6) is 1.49. The van der Waals surface area contributed by atoms with Crippen LogP contribution in [0.4, 0.5) is 0 Å². The second-order valence-corrected chi connectivity index (χ2v) is 17.8. The Bertz CT molecular complexity index is 1120. The highest BCUT2D eigenvalue weighted by Crippen LogP contribution is 2.76. The molecule has 5 N–H and O–H groups in total. The van der Waals surface area contributed by atoms with Crippen LogP contribution < -0.4 is 0 Å². The van der Waals surface area contributed by atoms with Crippen LogP contribution in [0.25, 0.3) is 0 Å². The third-order valence-corrected chi connectivity index (χ3v) is 15.6. The number of aliphatic hydroxyl groups is 5. The normalized spacial score (nSPS) is 55.7. The predicted octanol–water partition coefficient (Wildman–Crippen LogP) is 4.96. The van der Waals surface area contributed by atoms with Gasteiger partial charge in [0.25, 0.3) is 0 Å². The molecule has 4 saturated carbocycles. The summed E-state index contributed by atoms with van der Waals surface area (Å²) >= 11 is 0. The van der Waals surface area contributed by atoms with Gasteiger partial charge in [-0.2, -0.15) is 0 Å². The highest BCUT2D eigenvalue weighted by molar-refractivity contribution is 5.36. The van der Waals surface area contributed by atoms with Gasteiger partial charge in [-0.05, 0) is 108 Å². The van der Waals surface area contributed by atoms with Crippen molar-refractivity contribution < 1.29 is 35.0 Å². The smallest absolute Gasteiger partial charge is 0.186 e. The molecule has 0 radical (unpaired) electrons. The van der Waals surface area contributed by atoms with Crippen LogP contribution in [0.1, 0.15) is 113 Å². The van der Waals surface area contributed by atoms with Gasteiger partial charge < -0.3 is 35.0 Å². The minimum Gasteiger partial charge on any atom is -0.394 e. The molecule has 14 atom stereocenters. The lowest BCUT2D eigenvalue weighted by atomic mass is 9.32. The van der Waals surface area contributed by atoms with E-state index in [1.807, 2.05) is 0 Å². The Morgan fingerprint density at radius 3 is 2.09 bits per heavy atom. The summed E-state index contributed by atoms with van der Waals surface area (Å²) in [6.07, 6.45) is 5.63. The van der Waals surface area contributed by atoms with Crippen LogP contribution >= 0.6 is 0 Å². The Labute approximate surface area is 259 Å². The monoisotopic (exact) mass is 604 g/mol. The number of fused-ring (bicyclic) bond motifs is 7. The quantitative estimate of drug-likeness (QED) is 0.228. The minimum absolute atomic E-state index is 0.0695. The molecule has 0 aromatic carbocycles. The van der Waals surface area contributed by atoms with Crippen LogP contribution in [0.5, 0.6) is 0 Å². The van der Waals surface area contributed by atoms with Crippen LogP contribution in [0.3, 0.4) is 0 Å². The Kier molecular flexibility index (Phi) is 7.71. The lowest BCUT2D eigenvalue weighted by Gasteiger charge is -2.72. The van der Waals surface area contributed by atoms with Crippen LogP contribution in [0, 0.1) is 50.2 Å². The average molecular weight is 605 g/mol. The average Bonchev–Trinajstić information content (AvgIpc) is 2.93. The Balaban J connectivity index is 1.28. The first-order chi connectivity index (χ1) is 19.9. The molecule has 0 amide bonds. The van der Waals surface area contributed by atoms with E-state index in [1.165, 1.54) is 19.3 Å². The van der Waals surface area contributed by atoms with Crippen LogP contribution in [-0.2, 0) is 9.47 Å². The predicted molar refractivity (Wildman–Crippen MR) is 165 cm³/mol. The molecule has 0 aromatic heterocycles. The van der Waals surface area contributed by atoms with Crippen molar-refractivity contribution in [2.75, 3.05) is 6.61 Å². The summed E-state index contributed by atoms with van der Waals surface area (Å²) in [5.41, 5.74) is 2.04. The SMILES string of the molecule is CC12CCC(O)C(C)(C)C1CCC1(C)C2=CCC2C3(C)CCC(OC4OC(CO)C(O)C(O)C4O)C(C)(C)C3CCC21C. The molecule has 1 aliphatic heterocycles. The summed E-state index contributed by atoms with van der Waals surface area (Å²) in [6, 6.07) is 0. The van der Waals surface area contributed by atoms with Gasteiger partial charge in [0.2, 0.25) is 0 Å². The molecule has 1 saturated heterocycles. The van der Waals surface area contributed by atoms with Crippen molar-refractivity contribution in [2.45, 2.75) is 156 Å². The van der Waals surface area contributed by atoms with Crippen molar-refractivity contribution >= 4 is 0 Å². The molecule has 5 fully saturated rings. The van der Waals surface area contributed by atoms with E-state index < -0.39 is 37.3 Å². The second-order valence-electron chi connectivity index (χ2n) is 17.8. The lowest BCUT2D eigenvalue weighted by Crippen LogP contribution is -2.66. The molecule has 6 rings (SSSR count). The molecule has 0 bridgehead atoms. The first-order valence-corrected chi connectivity index (χ1v) is 17.2. The van der Waals surface area contributed by atoms with E-state index in [4.69, 9.17) is 9.47 Å². The number of hydrogen-bond acceptors (Lipinski definition) is 7. The zero-order chi connectivity index (χ0) is 31.5. The van der Waals surface area contributed by atoms with Crippen LogP contribution in [-0.4, -0.2) is 75.1 Å². The van der Waals surface area contributed by atoms with E-state index in [0.717, 1.165) is 38.5 Å². The maximum atomic E-state index is 11.0. The van der Waals surface area contributed by atoms with Crippen molar-refractivity contribution in [1.82, 2.24) is 0 Å². The molecule has 6 aliphatic rings. The molecule has 246 valence electrons. The largest absolute Gasteiger partial charge is 0.394 e. The van der Waals surface area contributed by atoms with Gasteiger partial charge in [0.1, 0.15) is 24.4 Å². The molecule has 43 heavy (non-hydrogen) atoms. The highest BCUT2D eigenvalue weighted by atomic mass is 16.7. The fourth-order valence-corrected chi connectivity index (χ4v) is 12.8. The van der Waals surface area contributed by atoms with Gasteiger partial charge in [-0.15, -0.1) is 0 Å². The zero-order valence-electron chi connectivity index (χ0n) is 28.0. The number of aliphatic hydroxyl groups excluding tert-OH is 5. The Hall–Kier alpha value is -0.540. The second kappa shape index (κ2) is 10.2. The third kappa shape index (κ3) is 4.24. The van der Waals surface area contributed by atoms with Gasteiger partial charge >= 0.3 is 0 Å². The Morgan fingerprint density at radius 1 is 0.744 bits per heavy atom. The van der Waals surface area contributed by atoms with Crippen molar-refractivity contribution in [3.05, 3.63) is 11.6 Å². The molecule has 1 heterocycles. The lowest BCUT2D eigenvalue weighted by molar-refractivity contribution is -0.330. The summed E-state index contributed by atoms with van der Waals surface area (Å²) in [6.45, 7) is 19.0. The number of ether oxygens (including phenoxy) is 2. The first-order valence-electron chi connectivity index (χ1n) is 17.2. The minimum atomic E-state index is -1.43. The molecular weight excluding hydrogens is 544 g/mol. The zero-order valence-corrected chi connectivity index (χ0v) is 28.0. The molecule has 0 aromatic rings. The number of rotatable bonds is 3. The van der Waals surface area contributed by atoms with Crippen molar-refractivity contribution in [3.8, 4) is 0 Å². The van der Waals surface area contributed by atoms with Gasteiger partial charge in [0.05, 0.1) is 18.8 Å². The van der Waals surface area contributed by atoms with Crippen LogP contribution in [0.15, 0.2) is 11.6 Å². The van der Waals surface area contributed by atoms with E-state index in [1.54, 1.807) is 5.57 Å². The standard InChI is InChI=1S/C36H60O7/c1-31(2)21-11-17-35(7)23(33(21,5)15-13-25(31)38)9-10-24-34(6)16-14-26(32(3,4)22(34)12-18-36(24,35)8)43-30-29(41)28(40)27(39)20(19-37)42-30/h9,20-22,24-30,37-41H,10-19H2,1-8H3. The van der Waals surface area contributed by atoms with Gasteiger partial charge in [-0.25, -0.2) is 0 Å². The molecule has 5 aliphatic carbocycles. The summed E-state index contributed by atoms with van der Waals surface area (Å²) in [7, 11) is 0. The van der Waals surface area contributed by atoms with E-state index in [9.17, 15) is 25.5 Å². The Morgan fingerprint density at radius 2 is 1.42 bits per heavy atom. The van der Waals surface area contributed by atoms with E-state index in [2.05, 4.69) is 61.5 Å². The van der Waals surface area contributed by atoms with Gasteiger partial charge in [0.15, 0.2) is 6.29 Å². The summed E-state index contributed by atoms with van der Waals surface area (Å²) in [5, 5.41) is 52.0. The van der Waals surface area contributed by atoms with Crippen molar-refractivity contribution in [1.29, 1.82) is 0 Å². The summed E-state index contributed by atoms with van der Waals surface area (Å²) < 4.78 is 12.3. The van der Waals surface area contributed by atoms with Gasteiger partial charge in [-0.3, -0.25) is 0 Å². The molecular formula is C36H60O7. The van der Waals surface area contributed by atoms with Crippen molar-refractivity contribution in [2.24, 2.45) is 50.2 Å². The van der Waals surface area contributed by atoms with Gasteiger partial charge in [-0.1, -0.05) is 67.0 Å². The topological polar surface area (TPSA) is 120 Å². The first kappa shape index (κ1) is 32.4. The molecule has 14 unspecified atom stereocenters. The van der Waals surface area contributed by atoms with E-state index in [0.29, 0.717) is 17.8 Å². The highest BCUT2D eigenvalue weighted by Gasteiger charge is 2.69. The van der Waals surface area contributed by atoms with Crippen molar-refractivity contribution in [3.63, 3.8) is 0 Å². The fraction of sp³-hybridized carbons (Fsp3) is 0.944. The van der Waals surface area contributed by atoms with Crippen LogP contribution in [0.2, 0.25) is 0 Å². The maximum absolute atomic E-state index is 11.0. The summed E-state index contributed by atoms with van der Waals surface area (Å²) in [4.78, 5) is 0. The number of allylic oxidation sites excluding steroid dienone is 2. The third-order valence-electron chi connectivity index (χ3n) is 15.6. The fourth-order valence-electron chi connectivity index (χ4n) is 12.8. The number of hydrogen-bond donors (Lipinski definition) is 5. The molecule has 7 nitrogen and oxygen atoms in total. The molecule has 7 heteroatoms. The molecule has 0 spiro atoms. The van der Waals surface area contributed by atoms with Gasteiger partial charge in [0, 0.05) is 0 Å². The van der Waals surface area contributed by atoms with E-state index >= 15 is 0 Å².